The van der Waals surface area contributed by atoms with E-state index in [4.69, 9.17) is 9.47 Å². The molecule has 6 nitrogen and oxygen atoms in total. The molecule has 2 aromatic rings. The van der Waals surface area contributed by atoms with E-state index in [1.54, 1.807) is 18.2 Å². The second-order valence-corrected chi connectivity index (χ2v) is 7.92. The zero-order chi connectivity index (χ0) is 21.7. The Morgan fingerprint density at radius 1 is 1.17 bits per heavy atom. The van der Waals surface area contributed by atoms with E-state index in [2.05, 4.69) is 6.07 Å². The Hall–Kier alpha value is -2.86. The number of aliphatic carboxylic acids is 1. The first-order chi connectivity index (χ1) is 14.4. The van der Waals surface area contributed by atoms with E-state index < -0.39 is 17.5 Å². The number of hydrogen-bond donors (Lipinski definition) is 2. The highest BCUT2D eigenvalue weighted by Crippen LogP contribution is 2.43. The SMILES string of the molecule is COc1ccc(C(=O)CC2(C(=O)O)CCCC2O)cc1OCCc1cccc(C)c1. The van der Waals surface area contributed by atoms with E-state index in [1.165, 1.54) is 12.7 Å². The lowest BCUT2D eigenvalue weighted by molar-refractivity contribution is -0.154. The topological polar surface area (TPSA) is 93.1 Å². The number of carbonyl (C=O) groups excluding carboxylic acids is 1. The fourth-order valence-corrected chi connectivity index (χ4v) is 4.08. The Morgan fingerprint density at radius 3 is 2.60 bits per heavy atom. The maximum Gasteiger partial charge on any atom is 0.312 e. The lowest BCUT2D eigenvalue weighted by atomic mass is 9.78. The summed E-state index contributed by atoms with van der Waals surface area (Å²) >= 11 is 0. The number of carboxylic acids is 1. The molecule has 1 saturated carbocycles. The highest BCUT2D eigenvalue weighted by atomic mass is 16.5. The van der Waals surface area contributed by atoms with Crippen LogP contribution in [0.25, 0.3) is 0 Å². The van der Waals surface area contributed by atoms with Crippen LogP contribution in [0.4, 0.5) is 0 Å². The third-order valence-electron chi connectivity index (χ3n) is 5.86. The standard InChI is InChI=1S/C24H28O6/c1-16-5-3-6-17(13-16)10-12-30-21-14-18(8-9-20(21)29-2)19(25)15-24(23(27)28)11-4-7-22(24)26/h3,5-6,8-9,13-14,22,26H,4,7,10-12,15H2,1-2H3,(H,27,28). The van der Waals surface area contributed by atoms with Gasteiger partial charge in [0, 0.05) is 18.4 Å². The molecule has 3 rings (SSSR count). The second kappa shape index (κ2) is 9.30. The number of aryl methyl sites for hydroxylation is 1. The molecule has 1 fully saturated rings. The molecule has 1 aliphatic carbocycles. The average molecular weight is 412 g/mol. The number of ketones is 1. The number of Topliss-reactive ketones (excluding diaryl/α,β-unsaturated/α-hetero) is 1. The molecule has 0 amide bonds. The van der Waals surface area contributed by atoms with E-state index in [-0.39, 0.29) is 12.2 Å². The molecule has 0 bridgehead atoms. The highest BCUT2D eigenvalue weighted by molar-refractivity contribution is 5.99. The van der Waals surface area contributed by atoms with Crippen molar-refractivity contribution in [3.8, 4) is 11.5 Å². The van der Waals surface area contributed by atoms with Gasteiger partial charge in [-0.2, -0.15) is 0 Å². The number of hydrogen-bond acceptors (Lipinski definition) is 5. The first-order valence-electron chi connectivity index (χ1n) is 10.2. The summed E-state index contributed by atoms with van der Waals surface area (Å²) in [7, 11) is 1.53. The van der Waals surface area contributed by atoms with Crippen LogP contribution in [-0.4, -0.2) is 41.8 Å². The summed E-state index contributed by atoms with van der Waals surface area (Å²) in [4.78, 5) is 24.7. The molecule has 1 aliphatic rings. The van der Waals surface area contributed by atoms with Gasteiger partial charge >= 0.3 is 5.97 Å². The third kappa shape index (κ3) is 4.65. The third-order valence-corrected chi connectivity index (χ3v) is 5.86. The van der Waals surface area contributed by atoms with Crippen molar-refractivity contribution in [3.05, 3.63) is 59.2 Å². The van der Waals surface area contributed by atoms with E-state index in [9.17, 15) is 19.8 Å². The molecule has 2 atom stereocenters. The van der Waals surface area contributed by atoms with Crippen molar-refractivity contribution in [2.45, 2.75) is 45.1 Å². The van der Waals surface area contributed by atoms with Crippen LogP contribution in [-0.2, 0) is 11.2 Å². The monoisotopic (exact) mass is 412 g/mol. The van der Waals surface area contributed by atoms with Crippen molar-refractivity contribution < 1.29 is 29.3 Å². The van der Waals surface area contributed by atoms with E-state index in [0.717, 1.165) is 5.56 Å². The molecule has 0 heterocycles. The number of ether oxygens (including phenoxy) is 2. The van der Waals surface area contributed by atoms with Crippen LogP contribution in [0.15, 0.2) is 42.5 Å². The Labute approximate surface area is 176 Å². The van der Waals surface area contributed by atoms with Gasteiger partial charge in [0.1, 0.15) is 5.41 Å². The normalized spacial score (nSPS) is 20.7. The van der Waals surface area contributed by atoms with Crippen LogP contribution in [0.2, 0.25) is 0 Å². The fraction of sp³-hybridized carbons (Fsp3) is 0.417. The molecule has 2 N–H and O–H groups in total. The number of aliphatic hydroxyl groups excluding tert-OH is 1. The lowest BCUT2D eigenvalue weighted by Gasteiger charge is -2.27. The van der Waals surface area contributed by atoms with Crippen LogP contribution in [0.5, 0.6) is 11.5 Å². The quantitative estimate of drug-likeness (QED) is 0.609. The molecular formula is C24H28O6. The molecule has 2 aromatic carbocycles. The molecule has 2 unspecified atom stereocenters. The molecule has 0 spiro atoms. The summed E-state index contributed by atoms with van der Waals surface area (Å²) in [5.74, 6) is -0.509. The van der Waals surface area contributed by atoms with E-state index >= 15 is 0 Å². The maximum atomic E-state index is 12.9. The van der Waals surface area contributed by atoms with Gasteiger partial charge in [0.05, 0.1) is 19.8 Å². The molecule has 0 aromatic heterocycles. The van der Waals surface area contributed by atoms with Crippen LogP contribution in [0.1, 0.15) is 47.2 Å². The van der Waals surface area contributed by atoms with Crippen molar-refractivity contribution in [1.29, 1.82) is 0 Å². The first-order valence-corrected chi connectivity index (χ1v) is 10.2. The zero-order valence-electron chi connectivity index (χ0n) is 17.4. The Morgan fingerprint density at radius 2 is 1.97 bits per heavy atom. The van der Waals surface area contributed by atoms with Gasteiger partial charge in [-0.15, -0.1) is 0 Å². The molecule has 160 valence electrons. The van der Waals surface area contributed by atoms with E-state index in [0.29, 0.717) is 49.4 Å². The van der Waals surface area contributed by atoms with Crippen molar-refractivity contribution in [2.75, 3.05) is 13.7 Å². The summed E-state index contributed by atoms with van der Waals surface area (Å²) in [6, 6.07) is 13.0. The largest absolute Gasteiger partial charge is 0.493 e. The van der Waals surface area contributed by atoms with Crippen molar-refractivity contribution >= 4 is 11.8 Å². The smallest absolute Gasteiger partial charge is 0.312 e. The van der Waals surface area contributed by atoms with Gasteiger partial charge in [-0.05, 0) is 49.9 Å². The summed E-state index contributed by atoms with van der Waals surface area (Å²) in [6.07, 6.45) is 0.745. The maximum absolute atomic E-state index is 12.9. The molecule has 0 aliphatic heterocycles. The Bertz CT molecular complexity index is 922. The van der Waals surface area contributed by atoms with Crippen LogP contribution >= 0.6 is 0 Å². The van der Waals surface area contributed by atoms with Gasteiger partial charge < -0.3 is 19.7 Å². The summed E-state index contributed by atoms with van der Waals surface area (Å²) in [5.41, 5.74) is 1.27. The Balaban J connectivity index is 1.73. The lowest BCUT2D eigenvalue weighted by Crippen LogP contribution is -2.40. The molecule has 0 radical (unpaired) electrons. The zero-order valence-corrected chi connectivity index (χ0v) is 17.4. The van der Waals surface area contributed by atoms with Crippen molar-refractivity contribution in [3.63, 3.8) is 0 Å². The van der Waals surface area contributed by atoms with Crippen molar-refractivity contribution in [1.82, 2.24) is 0 Å². The summed E-state index contributed by atoms with van der Waals surface area (Å²) in [6.45, 7) is 2.45. The summed E-state index contributed by atoms with van der Waals surface area (Å²) in [5, 5.41) is 19.9. The van der Waals surface area contributed by atoms with Gasteiger partial charge in [0.15, 0.2) is 17.3 Å². The predicted octanol–water partition coefficient (Wildman–Crippen LogP) is 3.81. The number of methoxy groups -OCH3 is 1. The Kier molecular flexibility index (Phi) is 6.77. The van der Waals surface area contributed by atoms with Gasteiger partial charge in [0.25, 0.3) is 0 Å². The number of rotatable bonds is 9. The minimum atomic E-state index is -1.41. The molecule has 0 saturated heterocycles. The van der Waals surface area contributed by atoms with Crippen LogP contribution in [0.3, 0.4) is 0 Å². The van der Waals surface area contributed by atoms with Crippen molar-refractivity contribution in [2.24, 2.45) is 5.41 Å². The number of benzene rings is 2. The van der Waals surface area contributed by atoms with Gasteiger partial charge in [0.2, 0.25) is 0 Å². The molecule has 6 heteroatoms. The van der Waals surface area contributed by atoms with Gasteiger partial charge in [-0.1, -0.05) is 29.8 Å². The predicted molar refractivity (Wildman–Crippen MR) is 112 cm³/mol. The van der Waals surface area contributed by atoms with Gasteiger partial charge in [-0.25, -0.2) is 0 Å². The van der Waals surface area contributed by atoms with Crippen LogP contribution < -0.4 is 9.47 Å². The first kappa shape index (κ1) is 21.8. The number of carboxylic acid groups (broad SMARTS) is 1. The fourth-order valence-electron chi connectivity index (χ4n) is 4.08. The number of carbonyl (C=O) groups is 2. The second-order valence-electron chi connectivity index (χ2n) is 7.92. The van der Waals surface area contributed by atoms with Gasteiger partial charge in [-0.3, -0.25) is 9.59 Å². The number of aliphatic hydroxyl groups is 1. The average Bonchev–Trinajstić information content (AvgIpc) is 3.09. The minimum Gasteiger partial charge on any atom is -0.493 e. The van der Waals surface area contributed by atoms with E-state index in [1.807, 2.05) is 25.1 Å². The highest BCUT2D eigenvalue weighted by Gasteiger charge is 2.50. The molecular weight excluding hydrogens is 384 g/mol. The molecule has 30 heavy (non-hydrogen) atoms. The van der Waals surface area contributed by atoms with Crippen LogP contribution in [0, 0.1) is 12.3 Å². The summed E-state index contributed by atoms with van der Waals surface area (Å²) < 4.78 is 11.2. The minimum absolute atomic E-state index is 0.238.